The van der Waals surface area contributed by atoms with Gasteiger partial charge in [-0.15, -0.1) is 0 Å². The van der Waals surface area contributed by atoms with Gasteiger partial charge in [-0.1, -0.05) is 29.3 Å². The molecule has 4 nitrogen and oxygen atoms in total. The number of halogens is 2. The van der Waals surface area contributed by atoms with Crippen molar-refractivity contribution in [3.05, 3.63) is 33.8 Å². The van der Waals surface area contributed by atoms with Crippen LogP contribution in [-0.4, -0.2) is 54.6 Å². The maximum absolute atomic E-state index is 11.9. The SMILES string of the molecule is O=C1NCCCN1C1CCN(CCCc2ccc(Cl)c(Cl)c2)CC1. The lowest BCUT2D eigenvalue weighted by Gasteiger charge is -2.40. The van der Waals surface area contributed by atoms with Crippen molar-refractivity contribution in [1.82, 2.24) is 15.1 Å². The molecule has 0 spiro atoms. The Bertz CT molecular complexity index is 573. The fraction of sp³-hybridized carbons (Fsp3) is 0.611. The number of carbonyl (C=O) groups excluding carboxylic acids is 1. The first kappa shape index (κ1) is 17.8. The van der Waals surface area contributed by atoms with Gasteiger partial charge in [-0.05, 0) is 56.3 Å². The molecule has 3 rings (SSSR count). The van der Waals surface area contributed by atoms with Gasteiger partial charge in [-0.2, -0.15) is 0 Å². The van der Waals surface area contributed by atoms with Crippen LogP contribution in [0.5, 0.6) is 0 Å². The number of hydrogen-bond donors (Lipinski definition) is 1. The second-order valence-corrected chi connectivity index (χ2v) is 7.52. The molecule has 2 fully saturated rings. The maximum atomic E-state index is 11.9. The lowest BCUT2D eigenvalue weighted by molar-refractivity contribution is 0.111. The summed E-state index contributed by atoms with van der Waals surface area (Å²) in [6.45, 7) is 4.99. The predicted molar refractivity (Wildman–Crippen MR) is 99.0 cm³/mol. The van der Waals surface area contributed by atoms with Gasteiger partial charge in [0.15, 0.2) is 0 Å². The summed E-state index contributed by atoms with van der Waals surface area (Å²) < 4.78 is 0. The zero-order valence-electron chi connectivity index (χ0n) is 13.9. The van der Waals surface area contributed by atoms with Gasteiger partial charge in [-0.25, -0.2) is 4.79 Å². The Labute approximate surface area is 154 Å². The minimum absolute atomic E-state index is 0.124. The van der Waals surface area contributed by atoms with Crippen LogP contribution in [0.15, 0.2) is 18.2 Å². The van der Waals surface area contributed by atoms with Crippen LogP contribution in [0, 0.1) is 0 Å². The fourth-order valence-electron chi connectivity index (χ4n) is 3.65. The largest absolute Gasteiger partial charge is 0.338 e. The van der Waals surface area contributed by atoms with E-state index in [-0.39, 0.29) is 6.03 Å². The van der Waals surface area contributed by atoms with E-state index < -0.39 is 0 Å². The fourth-order valence-corrected chi connectivity index (χ4v) is 3.97. The molecule has 2 heterocycles. The highest BCUT2D eigenvalue weighted by molar-refractivity contribution is 6.42. The molecule has 0 saturated carbocycles. The van der Waals surface area contributed by atoms with Crippen LogP contribution >= 0.6 is 23.2 Å². The Hall–Kier alpha value is -0.970. The number of aryl methyl sites for hydroxylation is 1. The molecular weight excluding hydrogens is 345 g/mol. The summed E-state index contributed by atoms with van der Waals surface area (Å²) in [6.07, 6.45) is 5.37. The van der Waals surface area contributed by atoms with Gasteiger partial charge < -0.3 is 15.1 Å². The van der Waals surface area contributed by atoms with E-state index in [9.17, 15) is 4.79 Å². The Morgan fingerprint density at radius 2 is 1.92 bits per heavy atom. The number of urea groups is 1. The number of carbonyl (C=O) groups is 1. The predicted octanol–water partition coefficient (Wildman–Crippen LogP) is 3.81. The first-order valence-electron chi connectivity index (χ1n) is 8.84. The smallest absolute Gasteiger partial charge is 0.317 e. The number of piperidine rings is 1. The summed E-state index contributed by atoms with van der Waals surface area (Å²) in [4.78, 5) is 16.5. The van der Waals surface area contributed by atoms with E-state index in [0.29, 0.717) is 16.1 Å². The maximum Gasteiger partial charge on any atom is 0.317 e. The Morgan fingerprint density at radius 1 is 1.12 bits per heavy atom. The van der Waals surface area contributed by atoms with Crippen molar-refractivity contribution in [2.24, 2.45) is 0 Å². The van der Waals surface area contributed by atoms with E-state index in [4.69, 9.17) is 23.2 Å². The van der Waals surface area contributed by atoms with E-state index >= 15 is 0 Å². The Balaban J connectivity index is 1.39. The van der Waals surface area contributed by atoms with Crippen molar-refractivity contribution in [3.8, 4) is 0 Å². The Kier molecular flexibility index (Phi) is 6.25. The summed E-state index contributed by atoms with van der Waals surface area (Å²) in [7, 11) is 0. The zero-order valence-corrected chi connectivity index (χ0v) is 15.5. The van der Waals surface area contributed by atoms with Crippen LogP contribution < -0.4 is 5.32 Å². The molecule has 2 aliphatic rings. The van der Waals surface area contributed by atoms with E-state index in [0.717, 1.165) is 64.8 Å². The molecule has 6 heteroatoms. The van der Waals surface area contributed by atoms with Crippen molar-refractivity contribution in [3.63, 3.8) is 0 Å². The van der Waals surface area contributed by atoms with Crippen LogP contribution in [0.4, 0.5) is 4.79 Å². The number of amides is 2. The third-order valence-corrected chi connectivity index (χ3v) is 5.77. The van der Waals surface area contributed by atoms with Crippen LogP contribution in [0.25, 0.3) is 0 Å². The van der Waals surface area contributed by atoms with Crippen LogP contribution in [0.1, 0.15) is 31.2 Å². The highest BCUT2D eigenvalue weighted by Crippen LogP contribution is 2.23. The van der Waals surface area contributed by atoms with E-state index in [1.54, 1.807) is 0 Å². The second kappa shape index (κ2) is 8.41. The molecule has 1 aromatic rings. The van der Waals surface area contributed by atoms with Crippen LogP contribution in [-0.2, 0) is 6.42 Å². The monoisotopic (exact) mass is 369 g/mol. The molecule has 2 saturated heterocycles. The Morgan fingerprint density at radius 3 is 2.62 bits per heavy atom. The molecular formula is C18H25Cl2N3O. The van der Waals surface area contributed by atoms with Gasteiger partial charge in [0.1, 0.15) is 0 Å². The van der Waals surface area contributed by atoms with Gasteiger partial charge in [0, 0.05) is 32.2 Å². The molecule has 0 radical (unpaired) electrons. The minimum atomic E-state index is 0.124. The standard InChI is InChI=1S/C18H25Cl2N3O/c19-16-5-4-14(13-17(16)20)3-1-9-22-11-6-15(7-12-22)23-10-2-8-21-18(23)24/h4-5,13,15H,1-3,6-12H2,(H,21,24). The third-order valence-electron chi connectivity index (χ3n) is 5.03. The first-order chi connectivity index (χ1) is 11.6. The van der Waals surface area contributed by atoms with Gasteiger partial charge in [0.25, 0.3) is 0 Å². The minimum Gasteiger partial charge on any atom is -0.338 e. The molecule has 2 aliphatic heterocycles. The highest BCUT2D eigenvalue weighted by atomic mass is 35.5. The zero-order chi connectivity index (χ0) is 16.9. The number of nitrogens with one attached hydrogen (secondary N) is 1. The average molecular weight is 370 g/mol. The molecule has 1 aromatic carbocycles. The van der Waals surface area contributed by atoms with Crippen LogP contribution in [0.3, 0.4) is 0 Å². The average Bonchev–Trinajstić information content (AvgIpc) is 2.59. The second-order valence-electron chi connectivity index (χ2n) is 6.70. The first-order valence-corrected chi connectivity index (χ1v) is 9.60. The summed E-state index contributed by atoms with van der Waals surface area (Å²) in [5, 5.41) is 4.20. The molecule has 0 aromatic heterocycles. The summed E-state index contributed by atoms with van der Waals surface area (Å²) >= 11 is 12.0. The number of nitrogens with zero attached hydrogens (tertiary/aromatic N) is 2. The highest BCUT2D eigenvalue weighted by Gasteiger charge is 2.29. The van der Waals surface area contributed by atoms with Gasteiger partial charge in [-0.3, -0.25) is 0 Å². The molecule has 0 unspecified atom stereocenters. The number of rotatable bonds is 5. The summed E-state index contributed by atoms with van der Waals surface area (Å²) in [5.41, 5.74) is 1.24. The molecule has 1 N–H and O–H groups in total. The van der Waals surface area contributed by atoms with Gasteiger partial charge in [0.2, 0.25) is 0 Å². The number of hydrogen-bond acceptors (Lipinski definition) is 2. The van der Waals surface area contributed by atoms with Crippen molar-refractivity contribution >= 4 is 29.2 Å². The normalized spacial score (nSPS) is 20.2. The van der Waals surface area contributed by atoms with Crippen LogP contribution in [0.2, 0.25) is 10.0 Å². The summed E-state index contributed by atoms with van der Waals surface area (Å²) in [5.74, 6) is 0. The van der Waals surface area contributed by atoms with E-state index in [2.05, 4.69) is 16.3 Å². The molecule has 132 valence electrons. The van der Waals surface area contributed by atoms with Gasteiger partial charge >= 0.3 is 6.03 Å². The summed E-state index contributed by atoms with van der Waals surface area (Å²) in [6, 6.07) is 6.42. The molecule has 24 heavy (non-hydrogen) atoms. The van der Waals surface area contributed by atoms with Crippen molar-refractivity contribution in [1.29, 1.82) is 0 Å². The molecule has 0 atom stereocenters. The van der Waals surface area contributed by atoms with E-state index in [1.165, 1.54) is 5.56 Å². The lowest BCUT2D eigenvalue weighted by Crippen LogP contribution is -2.54. The van der Waals surface area contributed by atoms with Crippen molar-refractivity contribution < 1.29 is 4.79 Å². The quantitative estimate of drug-likeness (QED) is 0.856. The third kappa shape index (κ3) is 4.56. The molecule has 2 amide bonds. The number of likely N-dealkylation sites (tertiary alicyclic amines) is 1. The van der Waals surface area contributed by atoms with Crippen molar-refractivity contribution in [2.75, 3.05) is 32.7 Å². The lowest BCUT2D eigenvalue weighted by atomic mass is 10.0. The molecule has 0 aliphatic carbocycles. The van der Waals surface area contributed by atoms with Gasteiger partial charge in [0.05, 0.1) is 10.0 Å². The van der Waals surface area contributed by atoms with Crippen molar-refractivity contribution in [2.45, 2.75) is 38.1 Å². The van der Waals surface area contributed by atoms with E-state index in [1.807, 2.05) is 17.0 Å². The number of benzene rings is 1. The topological polar surface area (TPSA) is 35.6 Å². The molecule has 0 bridgehead atoms.